The first-order valence-corrected chi connectivity index (χ1v) is 11.5. The van der Waals surface area contributed by atoms with E-state index in [1.54, 1.807) is 24.3 Å². The molecule has 0 atom stereocenters. The molecule has 1 aliphatic rings. The number of hydrogen-bond acceptors (Lipinski definition) is 3. The molecule has 5 rings (SSSR count). The van der Waals surface area contributed by atoms with Gasteiger partial charge in [-0.1, -0.05) is 30.0 Å². The van der Waals surface area contributed by atoms with Gasteiger partial charge in [-0.05, 0) is 66.5 Å². The van der Waals surface area contributed by atoms with Gasteiger partial charge >= 0.3 is 5.97 Å². The smallest absolute Gasteiger partial charge is 0.336 e. The lowest BCUT2D eigenvalue weighted by Gasteiger charge is -2.32. The fourth-order valence-corrected chi connectivity index (χ4v) is 4.38. The highest BCUT2D eigenvalue weighted by Crippen LogP contribution is 2.30. The minimum Gasteiger partial charge on any atom is -0.478 e. The van der Waals surface area contributed by atoms with Gasteiger partial charge in [0.2, 0.25) is 0 Å². The highest BCUT2D eigenvalue weighted by molar-refractivity contribution is 5.99. The molecule has 35 heavy (non-hydrogen) atoms. The fourth-order valence-electron chi connectivity index (χ4n) is 4.38. The molecule has 6 nitrogen and oxygen atoms in total. The van der Waals surface area contributed by atoms with Crippen molar-refractivity contribution in [3.8, 4) is 23.0 Å². The van der Waals surface area contributed by atoms with Gasteiger partial charge in [-0.15, -0.1) is 0 Å². The number of H-pyrrole nitrogens is 1. The number of piperazine rings is 1. The third kappa shape index (κ3) is 4.68. The number of fused-ring (bicyclic) bond motifs is 1. The molecule has 1 aromatic heterocycles. The maximum absolute atomic E-state index is 12.8. The van der Waals surface area contributed by atoms with Crippen molar-refractivity contribution in [2.24, 2.45) is 0 Å². The van der Waals surface area contributed by atoms with Crippen molar-refractivity contribution in [2.45, 2.75) is 0 Å². The van der Waals surface area contributed by atoms with E-state index < -0.39 is 5.97 Å². The predicted octanol–water partition coefficient (Wildman–Crippen LogP) is 4.32. The number of aromatic carboxylic acids is 1. The highest BCUT2D eigenvalue weighted by atomic mass is 16.4. The van der Waals surface area contributed by atoms with E-state index in [-0.39, 0.29) is 11.5 Å². The van der Waals surface area contributed by atoms with Gasteiger partial charge in [0.25, 0.3) is 5.91 Å². The summed E-state index contributed by atoms with van der Waals surface area (Å²) in [6.07, 6.45) is 1.86. The Morgan fingerprint density at radius 3 is 2.43 bits per heavy atom. The Bertz CT molecular complexity index is 1470. The SMILES string of the molecule is CN1CCN(C(=O)c2ccc(C#Cc3cccc(C(=O)O)c3-c3ccc4cc[nH]c4c3)cc2)CC1. The fraction of sp³-hybridized carbons (Fsp3) is 0.172. The number of aromatic amines is 1. The topological polar surface area (TPSA) is 76.6 Å². The van der Waals surface area contributed by atoms with E-state index in [2.05, 4.69) is 28.8 Å². The largest absolute Gasteiger partial charge is 0.478 e. The van der Waals surface area contributed by atoms with Crippen molar-refractivity contribution < 1.29 is 14.7 Å². The summed E-state index contributed by atoms with van der Waals surface area (Å²) in [4.78, 5) is 32.1. The maximum Gasteiger partial charge on any atom is 0.336 e. The molecular weight excluding hydrogens is 438 g/mol. The number of benzene rings is 3. The van der Waals surface area contributed by atoms with Crippen LogP contribution in [0.4, 0.5) is 0 Å². The van der Waals surface area contributed by atoms with Crippen LogP contribution in [-0.4, -0.2) is 65.0 Å². The zero-order valence-corrected chi connectivity index (χ0v) is 19.4. The molecule has 0 bridgehead atoms. The molecule has 2 heterocycles. The first kappa shape index (κ1) is 22.5. The van der Waals surface area contributed by atoms with Crippen molar-refractivity contribution in [2.75, 3.05) is 33.2 Å². The molecule has 0 unspecified atom stereocenters. The van der Waals surface area contributed by atoms with Crippen LogP contribution >= 0.6 is 0 Å². The van der Waals surface area contributed by atoms with Crippen molar-refractivity contribution in [3.63, 3.8) is 0 Å². The van der Waals surface area contributed by atoms with Crippen molar-refractivity contribution in [1.29, 1.82) is 0 Å². The van der Waals surface area contributed by atoms with Gasteiger partial charge in [0.1, 0.15) is 0 Å². The van der Waals surface area contributed by atoms with Crippen LogP contribution in [0.3, 0.4) is 0 Å². The van der Waals surface area contributed by atoms with E-state index in [1.807, 2.05) is 53.6 Å². The molecule has 1 fully saturated rings. The average molecular weight is 464 g/mol. The van der Waals surface area contributed by atoms with Crippen LogP contribution in [0.1, 0.15) is 31.8 Å². The second-order valence-corrected chi connectivity index (χ2v) is 8.74. The quantitative estimate of drug-likeness (QED) is 0.444. The monoisotopic (exact) mass is 463 g/mol. The highest BCUT2D eigenvalue weighted by Gasteiger charge is 2.20. The Morgan fingerprint density at radius 2 is 1.69 bits per heavy atom. The molecule has 6 heteroatoms. The maximum atomic E-state index is 12.8. The Balaban J connectivity index is 1.45. The molecule has 174 valence electrons. The van der Waals surface area contributed by atoms with Gasteiger partial charge in [0.15, 0.2) is 0 Å². The summed E-state index contributed by atoms with van der Waals surface area (Å²) in [5.41, 5.74) is 4.55. The van der Waals surface area contributed by atoms with Gasteiger partial charge in [-0.2, -0.15) is 0 Å². The zero-order chi connectivity index (χ0) is 24.4. The van der Waals surface area contributed by atoms with E-state index >= 15 is 0 Å². The van der Waals surface area contributed by atoms with E-state index in [9.17, 15) is 14.7 Å². The molecule has 1 saturated heterocycles. The summed E-state index contributed by atoms with van der Waals surface area (Å²) >= 11 is 0. The molecule has 3 aromatic carbocycles. The lowest BCUT2D eigenvalue weighted by atomic mass is 9.93. The molecular formula is C29H25N3O3. The summed E-state index contributed by atoms with van der Waals surface area (Å²) in [6.45, 7) is 3.22. The molecule has 0 aliphatic carbocycles. The summed E-state index contributed by atoms with van der Waals surface area (Å²) in [7, 11) is 2.06. The number of hydrogen-bond donors (Lipinski definition) is 2. The van der Waals surface area contributed by atoms with Gasteiger partial charge in [0, 0.05) is 60.1 Å². The molecule has 4 aromatic rings. The molecule has 2 N–H and O–H groups in total. The van der Waals surface area contributed by atoms with Crippen molar-refractivity contribution in [1.82, 2.24) is 14.8 Å². The normalized spacial score (nSPS) is 13.9. The summed E-state index contributed by atoms with van der Waals surface area (Å²) in [5.74, 6) is 5.33. The van der Waals surface area contributed by atoms with Crippen LogP contribution in [0, 0.1) is 11.8 Å². The number of carboxylic acids is 1. The number of carbonyl (C=O) groups excluding carboxylic acids is 1. The average Bonchev–Trinajstić information content (AvgIpc) is 3.35. The standard InChI is InChI=1S/C29H25N3O3/c1-31-15-17-32(18-16-31)28(33)23-9-6-20(7-10-23)5-8-22-3-2-4-25(29(34)35)27(22)24-12-11-21-13-14-30-26(21)19-24/h2-4,6-7,9-14,19,30H,15-18H2,1H3,(H,34,35). The van der Waals surface area contributed by atoms with Crippen LogP contribution in [0.5, 0.6) is 0 Å². The van der Waals surface area contributed by atoms with Crippen LogP contribution < -0.4 is 0 Å². The second kappa shape index (κ2) is 9.49. The zero-order valence-electron chi connectivity index (χ0n) is 19.4. The van der Waals surface area contributed by atoms with Gasteiger partial charge in [-0.3, -0.25) is 4.79 Å². The van der Waals surface area contributed by atoms with E-state index in [1.165, 1.54) is 0 Å². The van der Waals surface area contributed by atoms with Gasteiger partial charge < -0.3 is 19.9 Å². The van der Waals surface area contributed by atoms with Crippen molar-refractivity contribution in [3.05, 3.63) is 95.2 Å². The van der Waals surface area contributed by atoms with Gasteiger partial charge in [-0.25, -0.2) is 4.79 Å². The summed E-state index contributed by atoms with van der Waals surface area (Å²) in [6, 6.07) is 20.2. The summed E-state index contributed by atoms with van der Waals surface area (Å²) in [5, 5.41) is 10.9. The minimum absolute atomic E-state index is 0.0359. The number of aromatic nitrogens is 1. The van der Waals surface area contributed by atoms with Gasteiger partial charge in [0.05, 0.1) is 5.56 Å². The first-order chi connectivity index (χ1) is 17.0. The minimum atomic E-state index is -0.998. The van der Waals surface area contributed by atoms with Crippen LogP contribution in [0.15, 0.2) is 72.9 Å². The number of rotatable bonds is 3. The number of likely N-dealkylation sites (N-methyl/N-ethyl adjacent to an activating group) is 1. The number of carbonyl (C=O) groups is 2. The number of carboxylic acid groups (broad SMARTS) is 1. The third-order valence-electron chi connectivity index (χ3n) is 6.40. The Kier molecular flexibility index (Phi) is 6.09. The van der Waals surface area contributed by atoms with E-state index in [0.29, 0.717) is 16.7 Å². The number of nitrogens with one attached hydrogen (secondary N) is 1. The lowest BCUT2D eigenvalue weighted by Crippen LogP contribution is -2.47. The molecule has 1 aliphatic heterocycles. The van der Waals surface area contributed by atoms with E-state index in [0.717, 1.165) is 48.2 Å². The number of amides is 1. The van der Waals surface area contributed by atoms with Crippen LogP contribution in [0.25, 0.3) is 22.0 Å². The summed E-state index contributed by atoms with van der Waals surface area (Å²) < 4.78 is 0. The second-order valence-electron chi connectivity index (χ2n) is 8.74. The van der Waals surface area contributed by atoms with E-state index in [4.69, 9.17) is 0 Å². The molecule has 1 amide bonds. The molecule has 0 saturated carbocycles. The number of nitrogens with zero attached hydrogens (tertiary/aromatic N) is 2. The third-order valence-corrected chi connectivity index (χ3v) is 6.40. The lowest BCUT2D eigenvalue weighted by molar-refractivity contribution is 0.0662. The Labute approximate surface area is 203 Å². The van der Waals surface area contributed by atoms with Crippen LogP contribution in [0.2, 0.25) is 0 Å². The predicted molar refractivity (Wildman–Crippen MR) is 137 cm³/mol. The molecule has 0 radical (unpaired) electrons. The molecule has 0 spiro atoms. The van der Waals surface area contributed by atoms with Crippen molar-refractivity contribution >= 4 is 22.8 Å². The Hall–Kier alpha value is -4.34. The first-order valence-electron chi connectivity index (χ1n) is 11.5. The Morgan fingerprint density at radius 1 is 0.914 bits per heavy atom. The van der Waals surface area contributed by atoms with Crippen LogP contribution in [-0.2, 0) is 0 Å².